The van der Waals surface area contributed by atoms with Gasteiger partial charge in [-0.15, -0.1) is 0 Å². The third kappa shape index (κ3) is 5.21. The van der Waals surface area contributed by atoms with Crippen molar-refractivity contribution in [2.24, 2.45) is 5.92 Å². The van der Waals surface area contributed by atoms with E-state index in [2.05, 4.69) is 11.8 Å². The Bertz CT molecular complexity index is 429. The van der Waals surface area contributed by atoms with Crippen LogP contribution in [0.2, 0.25) is 0 Å². The smallest absolute Gasteiger partial charge is 0.321 e. The van der Waals surface area contributed by atoms with Gasteiger partial charge < -0.3 is 4.74 Å². The minimum absolute atomic E-state index is 0.277. The van der Waals surface area contributed by atoms with Crippen molar-refractivity contribution >= 4 is 5.97 Å². The van der Waals surface area contributed by atoms with Crippen molar-refractivity contribution in [3.05, 3.63) is 35.9 Å². The molecule has 2 nitrogen and oxygen atoms in total. The Morgan fingerprint density at radius 3 is 2.35 bits per heavy atom. The number of hydrogen-bond acceptors (Lipinski definition) is 2. The number of carbonyl (C=O) groups excluding carboxylic acids is 1. The number of esters is 1. The van der Waals surface area contributed by atoms with E-state index in [0.717, 1.165) is 5.56 Å². The molecule has 0 saturated carbocycles. The van der Waals surface area contributed by atoms with E-state index in [4.69, 9.17) is 4.74 Å². The molecule has 1 aromatic carbocycles. The maximum Gasteiger partial charge on any atom is 0.321 e. The Kier molecular flexibility index (Phi) is 4.34. The minimum atomic E-state index is -0.459. The molecule has 1 unspecified atom stereocenters. The summed E-state index contributed by atoms with van der Waals surface area (Å²) in [5.74, 6) is 5.17. The Hall–Kier alpha value is -1.75. The van der Waals surface area contributed by atoms with Crippen LogP contribution in [0.5, 0.6) is 0 Å². The summed E-state index contributed by atoms with van der Waals surface area (Å²) in [4.78, 5) is 11.7. The van der Waals surface area contributed by atoms with Crippen molar-refractivity contribution in [2.45, 2.75) is 33.3 Å². The van der Waals surface area contributed by atoms with Crippen molar-refractivity contribution in [1.82, 2.24) is 0 Å². The number of ether oxygens (including phenoxy) is 1. The number of rotatable bonds is 1. The molecule has 0 fully saturated rings. The summed E-state index contributed by atoms with van der Waals surface area (Å²) in [5, 5.41) is 0. The molecule has 17 heavy (non-hydrogen) atoms. The van der Waals surface area contributed by atoms with Crippen LogP contribution in [0.15, 0.2) is 30.3 Å². The van der Waals surface area contributed by atoms with E-state index >= 15 is 0 Å². The lowest BCUT2D eigenvalue weighted by Crippen LogP contribution is -2.27. The van der Waals surface area contributed by atoms with Gasteiger partial charge >= 0.3 is 5.97 Å². The van der Waals surface area contributed by atoms with E-state index in [-0.39, 0.29) is 5.97 Å². The minimum Gasteiger partial charge on any atom is -0.459 e. The van der Waals surface area contributed by atoms with Crippen molar-refractivity contribution < 1.29 is 9.53 Å². The van der Waals surface area contributed by atoms with E-state index in [1.165, 1.54) is 0 Å². The van der Waals surface area contributed by atoms with Gasteiger partial charge in [-0.05, 0) is 39.8 Å². The highest BCUT2D eigenvalue weighted by atomic mass is 16.6. The molecule has 1 rings (SSSR count). The van der Waals surface area contributed by atoms with Crippen LogP contribution >= 0.6 is 0 Å². The lowest BCUT2D eigenvalue weighted by atomic mass is 10.1. The van der Waals surface area contributed by atoms with Gasteiger partial charge in [-0.25, -0.2) is 0 Å². The summed E-state index contributed by atoms with van der Waals surface area (Å²) in [6.07, 6.45) is 0. The fourth-order valence-electron chi connectivity index (χ4n) is 1.16. The maximum absolute atomic E-state index is 11.7. The first kappa shape index (κ1) is 13.3. The zero-order valence-corrected chi connectivity index (χ0v) is 10.8. The summed E-state index contributed by atoms with van der Waals surface area (Å²) in [6, 6.07) is 9.59. The molecule has 0 radical (unpaired) electrons. The molecule has 0 saturated heterocycles. The van der Waals surface area contributed by atoms with Gasteiger partial charge in [0.25, 0.3) is 0 Å². The van der Waals surface area contributed by atoms with Gasteiger partial charge in [-0.1, -0.05) is 30.0 Å². The molecule has 0 aliphatic carbocycles. The quantitative estimate of drug-likeness (QED) is 0.547. The summed E-state index contributed by atoms with van der Waals surface area (Å²) < 4.78 is 5.25. The molecular formula is C15H18O2. The van der Waals surface area contributed by atoms with Crippen molar-refractivity contribution in [3.8, 4) is 11.8 Å². The van der Waals surface area contributed by atoms with Gasteiger partial charge in [-0.3, -0.25) is 4.79 Å². The summed E-state index contributed by atoms with van der Waals surface area (Å²) >= 11 is 0. The fourth-order valence-corrected chi connectivity index (χ4v) is 1.16. The molecular weight excluding hydrogens is 212 g/mol. The normalized spacial score (nSPS) is 12.2. The lowest BCUT2D eigenvalue weighted by molar-refractivity contribution is -0.157. The van der Waals surface area contributed by atoms with E-state index in [1.54, 1.807) is 6.92 Å². The Labute approximate surface area is 103 Å². The molecule has 0 N–H and O–H groups in total. The molecule has 1 atom stereocenters. The first-order chi connectivity index (χ1) is 7.88. The van der Waals surface area contributed by atoms with E-state index < -0.39 is 11.5 Å². The van der Waals surface area contributed by atoms with Crippen LogP contribution in [-0.4, -0.2) is 11.6 Å². The molecule has 0 aliphatic heterocycles. The van der Waals surface area contributed by atoms with Gasteiger partial charge in [0.15, 0.2) is 0 Å². The standard InChI is InChI=1S/C15H18O2/c1-12(14(16)17-15(2,3)4)10-11-13-8-6-5-7-9-13/h5-9,12H,1-4H3. The Morgan fingerprint density at radius 1 is 1.24 bits per heavy atom. The second kappa shape index (κ2) is 5.54. The predicted octanol–water partition coefficient (Wildman–Crippen LogP) is 3.02. The largest absolute Gasteiger partial charge is 0.459 e. The highest BCUT2D eigenvalue weighted by Gasteiger charge is 2.19. The average molecular weight is 230 g/mol. The maximum atomic E-state index is 11.7. The first-order valence-electron chi connectivity index (χ1n) is 5.68. The molecule has 0 aliphatic rings. The van der Waals surface area contributed by atoms with Crippen LogP contribution in [0, 0.1) is 17.8 Å². The number of hydrogen-bond donors (Lipinski definition) is 0. The Morgan fingerprint density at radius 2 is 1.82 bits per heavy atom. The van der Waals surface area contributed by atoms with Crippen LogP contribution in [0.3, 0.4) is 0 Å². The van der Waals surface area contributed by atoms with Gasteiger partial charge in [0.05, 0.1) is 0 Å². The van der Waals surface area contributed by atoms with E-state index in [9.17, 15) is 4.79 Å². The van der Waals surface area contributed by atoms with Crippen LogP contribution in [0.4, 0.5) is 0 Å². The van der Waals surface area contributed by atoms with E-state index in [1.807, 2.05) is 51.1 Å². The van der Waals surface area contributed by atoms with Gasteiger partial charge in [0.1, 0.15) is 11.5 Å². The lowest BCUT2D eigenvalue weighted by Gasteiger charge is -2.20. The topological polar surface area (TPSA) is 26.3 Å². The molecule has 0 bridgehead atoms. The van der Waals surface area contributed by atoms with Crippen LogP contribution < -0.4 is 0 Å². The van der Waals surface area contributed by atoms with Crippen molar-refractivity contribution in [2.75, 3.05) is 0 Å². The number of carbonyl (C=O) groups is 1. The predicted molar refractivity (Wildman–Crippen MR) is 68.3 cm³/mol. The highest BCUT2D eigenvalue weighted by Crippen LogP contribution is 2.10. The summed E-state index contributed by atoms with van der Waals surface area (Å²) in [6.45, 7) is 7.30. The van der Waals surface area contributed by atoms with Crippen molar-refractivity contribution in [1.29, 1.82) is 0 Å². The number of benzene rings is 1. The van der Waals surface area contributed by atoms with Crippen LogP contribution in [0.1, 0.15) is 33.3 Å². The molecule has 0 heterocycles. The second-order valence-corrected chi connectivity index (χ2v) is 4.89. The molecule has 0 amide bonds. The average Bonchev–Trinajstić information content (AvgIpc) is 2.25. The van der Waals surface area contributed by atoms with Gasteiger partial charge in [-0.2, -0.15) is 0 Å². The molecule has 90 valence electrons. The van der Waals surface area contributed by atoms with Crippen LogP contribution in [0.25, 0.3) is 0 Å². The van der Waals surface area contributed by atoms with Crippen molar-refractivity contribution in [3.63, 3.8) is 0 Å². The molecule has 1 aromatic rings. The first-order valence-corrected chi connectivity index (χ1v) is 5.68. The molecule has 2 heteroatoms. The van der Waals surface area contributed by atoms with Crippen LogP contribution in [-0.2, 0) is 9.53 Å². The fraction of sp³-hybridized carbons (Fsp3) is 0.400. The van der Waals surface area contributed by atoms with Gasteiger partial charge in [0, 0.05) is 5.56 Å². The van der Waals surface area contributed by atoms with Gasteiger partial charge in [0.2, 0.25) is 0 Å². The highest BCUT2D eigenvalue weighted by molar-refractivity contribution is 5.75. The second-order valence-electron chi connectivity index (χ2n) is 4.89. The van der Waals surface area contributed by atoms with E-state index in [0.29, 0.717) is 0 Å². The summed E-state index contributed by atoms with van der Waals surface area (Å²) in [7, 11) is 0. The summed E-state index contributed by atoms with van der Waals surface area (Å²) in [5.41, 5.74) is 0.447. The molecule has 0 spiro atoms. The zero-order valence-electron chi connectivity index (χ0n) is 10.8. The third-order valence-corrected chi connectivity index (χ3v) is 1.97. The Balaban J connectivity index is 2.64. The molecule has 0 aromatic heterocycles. The zero-order chi connectivity index (χ0) is 12.9. The third-order valence-electron chi connectivity index (χ3n) is 1.97. The monoisotopic (exact) mass is 230 g/mol. The SMILES string of the molecule is CC(C#Cc1ccccc1)C(=O)OC(C)(C)C.